The Morgan fingerprint density at radius 1 is 0.875 bits per heavy atom. The number of amides is 1. The van der Waals surface area contributed by atoms with E-state index >= 15 is 0 Å². The van der Waals surface area contributed by atoms with Gasteiger partial charge in [0, 0.05) is 18.6 Å². The SMILES string of the molecule is COc1cc2c(c(OC)c1OC)-c1ccc(OC)c(=O)cc1[C@@H](NC(=O)CCCCOCc1ccccc1)CC2. The molecular formula is C32H37NO7. The van der Waals surface area contributed by atoms with Crippen LogP contribution in [0.4, 0.5) is 0 Å². The third-order valence-corrected chi connectivity index (χ3v) is 7.11. The monoisotopic (exact) mass is 547 g/mol. The molecule has 8 nitrogen and oxygen atoms in total. The van der Waals surface area contributed by atoms with Gasteiger partial charge in [0.2, 0.25) is 17.1 Å². The predicted octanol–water partition coefficient (Wildman–Crippen LogP) is 5.24. The second-order valence-electron chi connectivity index (χ2n) is 9.61. The van der Waals surface area contributed by atoms with E-state index in [0.29, 0.717) is 61.7 Å². The number of nitrogens with one attached hydrogen (secondary N) is 1. The van der Waals surface area contributed by atoms with Crippen molar-refractivity contribution in [3.63, 3.8) is 0 Å². The summed E-state index contributed by atoms with van der Waals surface area (Å²) in [6, 6.07) is 16.6. The number of carbonyl (C=O) groups excluding carboxylic acids is 1. The first-order valence-corrected chi connectivity index (χ1v) is 13.5. The smallest absolute Gasteiger partial charge is 0.220 e. The van der Waals surface area contributed by atoms with E-state index in [1.54, 1.807) is 33.5 Å². The summed E-state index contributed by atoms with van der Waals surface area (Å²) in [4.78, 5) is 26.1. The van der Waals surface area contributed by atoms with E-state index in [1.807, 2.05) is 42.5 Å². The molecule has 8 heteroatoms. The Bertz CT molecular complexity index is 1370. The zero-order chi connectivity index (χ0) is 28.5. The average molecular weight is 548 g/mol. The molecule has 0 saturated heterocycles. The maximum Gasteiger partial charge on any atom is 0.220 e. The number of fused-ring (bicyclic) bond motifs is 3. The molecule has 0 unspecified atom stereocenters. The topological polar surface area (TPSA) is 92.3 Å². The molecule has 3 aromatic carbocycles. The molecule has 1 aliphatic rings. The first-order chi connectivity index (χ1) is 19.5. The van der Waals surface area contributed by atoms with Crippen molar-refractivity contribution in [2.75, 3.05) is 35.0 Å². The zero-order valence-electron chi connectivity index (χ0n) is 23.6. The first kappa shape index (κ1) is 29.0. The molecule has 0 spiro atoms. The van der Waals surface area contributed by atoms with E-state index in [4.69, 9.17) is 23.7 Å². The van der Waals surface area contributed by atoms with Crippen LogP contribution in [0.3, 0.4) is 0 Å². The molecule has 1 amide bonds. The molecule has 4 rings (SSSR count). The normalized spacial score (nSPS) is 13.8. The van der Waals surface area contributed by atoms with Crippen LogP contribution in [0.15, 0.2) is 59.4 Å². The minimum absolute atomic E-state index is 0.0713. The Balaban J connectivity index is 1.55. The van der Waals surface area contributed by atoms with Crippen LogP contribution in [0.5, 0.6) is 23.0 Å². The third-order valence-electron chi connectivity index (χ3n) is 7.11. The van der Waals surface area contributed by atoms with Gasteiger partial charge in [-0.2, -0.15) is 0 Å². The lowest BCUT2D eigenvalue weighted by molar-refractivity contribution is -0.122. The largest absolute Gasteiger partial charge is 0.493 e. The molecule has 1 atom stereocenters. The van der Waals surface area contributed by atoms with Gasteiger partial charge in [-0.3, -0.25) is 9.59 Å². The molecule has 0 aromatic heterocycles. The third kappa shape index (κ3) is 6.57. The quantitative estimate of drug-likeness (QED) is 0.310. The lowest BCUT2D eigenvalue weighted by atomic mass is 9.95. The van der Waals surface area contributed by atoms with E-state index in [-0.39, 0.29) is 23.1 Å². The molecule has 1 aliphatic carbocycles. The maximum atomic E-state index is 13.1. The van der Waals surface area contributed by atoms with E-state index in [1.165, 1.54) is 7.11 Å². The molecule has 0 aliphatic heterocycles. The van der Waals surface area contributed by atoms with Crippen molar-refractivity contribution in [3.05, 3.63) is 81.5 Å². The van der Waals surface area contributed by atoms with Crippen LogP contribution in [0.25, 0.3) is 11.1 Å². The number of rotatable bonds is 12. The molecule has 0 heterocycles. The van der Waals surface area contributed by atoms with Crippen LogP contribution in [-0.4, -0.2) is 41.0 Å². The van der Waals surface area contributed by atoms with Crippen molar-refractivity contribution in [2.45, 2.75) is 44.8 Å². The molecule has 3 aromatic rings. The Hall–Kier alpha value is -4.04. The summed E-state index contributed by atoms with van der Waals surface area (Å²) in [5.74, 6) is 1.68. The van der Waals surface area contributed by atoms with E-state index in [9.17, 15) is 9.59 Å². The Morgan fingerprint density at radius 2 is 1.62 bits per heavy atom. The van der Waals surface area contributed by atoms with Gasteiger partial charge in [0.15, 0.2) is 17.2 Å². The summed E-state index contributed by atoms with van der Waals surface area (Å²) in [6.07, 6.45) is 3.07. The predicted molar refractivity (Wildman–Crippen MR) is 154 cm³/mol. The highest BCUT2D eigenvalue weighted by Gasteiger charge is 2.29. The van der Waals surface area contributed by atoms with Crippen molar-refractivity contribution in [2.24, 2.45) is 0 Å². The number of hydrogen-bond acceptors (Lipinski definition) is 7. The standard InChI is InChI=1S/C32H37NO7/c1-36-27-16-14-23-24(19-26(27)34)25(15-13-22-18-28(37-2)31(38-3)32(39-4)30(22)23)33-29(35)12-8-9-17-40-20-21-10-6-5-7-11-21/h5-7,10-11,14,16,18-19,25H,8-9,12-13,15,17,20H2,1-4H3,(H,33,35)/t25-/m0/s1. The second kappa shape index (κ2) is 13.8. The lowest BCUT2D eigenvalue weighted by Crippen LogP contribution is -2.29. The highest BCUT2D eigenvalue weighted by atomic mass is 16.5. The van der Waals surface area contributed by atoms with Crippen molar-refractivity contribution < 1.29 is 28.5 Å². The Kier molecular flexibility index (Phi) is 10.0. The highest BCUT2D eigenvalue weighted by Crippen LogP contribution is 2.50. The number of aryl methyl sites for hydroxylation is 1. The minimum Gasteiger partial charge on any atom is -0.493 e. The van der Waals surface area contributed by atoms with Crippen LogP contribution in [-0.2, 0) is 22.6 Å². The Morgan fingerprint density at radius 3 is 2.33 bits per heavy atom. The molecule has 40 heavy (non-hydrogen) atoms. The van der Waals surface area contributed by atoms with Crippen LogP contribution in [0.2, 0.25) is 0 Å². The summed E-state index contributed by atoms with van der Waals surface area (Å²) in [7, 11) is 6.18. The number of carbonyl (C=O) groups is 1. The van der Waals surface area contributed by atoms with Gasteiger partial charge in [0.1, 0.15) is 0 Å². The summed E-state index contributed by atoms with van der Waals surface area (Å²) < 4.78 is 28.1. The van der Waals surface area contributed by atoms with Gasteiger partial charge < -0.3 is 29.0 Å². The van der Waals surface area contributed by atoms with Gasteiger partial charge in [-0.25, -0.2) is 0 Å². The molecule has 0 saturated carbocycles. The molecule has 1 N–H and O–H groups in total. The Labute approximate surface area is 235 Å². The van der Waals surface area contributed by atoms with Gasteiger partial charge in [-0.15, -0.1) is 0 Å². The molecule has 0 fully saturated rings. The molecule has 0 radical (unpaired) electrons. The summed E-state index contributed by atoms with van der Waals surface area (Å²) in [6.45, 7) is 1.14. The number of hydrogen-bond donors (Lipinski definition) is 1. The molecule has 0 bridgehead atoms. The van der Waals surface area contributed by atoms with Crippen molar-refractivity contribution in [1.29, 1.82) is 0 Å². The summed E-state index contributed by atoms with van der Waals surface area (Å²) in [5, 5.41) is 3.18. The van der Waals surface area contributed by atoms with Gasteiger partial charge in [0.05, 0.1) is 41.1 Å². The number of benzene rings is 2. The van der Waals surface area contributed by atoms with Crippen molar-refractivity contribution in [1.82, 2.24) is 5.32 Å². The van der Waals surface area contributed by atoms with Gasteiger partial charge >= 0.3 is 0 Å². The van der Waals surface area contributed by atoms with E-state index < -0.39 is 0 Å². The van der Waals surface area contributed by atoms with E-state index in [2.05, 4.69) is 5.32 Å². The van der Waals surface area contributed by atoms with Crippen LogP contribution in [0.1, 0.15) is 48.4 Å². The van der Waals surface area contributed by atoms with Crippen LogP contribution < -0.4 is 29.7 Å². The fourth-order valence-corrected chi connectivity index (χ4v) is 5.14. The number of methoxy groups -OCH3 is 4. The van der Waals surface area contributed by atoms with Gasteiger partial charge in [-0.1, -0.05) is 36.4 Å². The minimum atomic E-state index is -0.379. The fourth-order valence-electron chi connectivity index (χ4n) is 5.14. The van der Waals surface area contributed by atoms with Crippen molar-refractivity contribution >= 4 is 5.91 Å². The van der Waals surface area contributed by atoms with Crippen molar-refractivity contribution in [3.8, 4) is 34.1 Å². The van der Waals surface area contributed by atoms with E-state index in [0.717, 1.165) is 28.7 Å². The van der Waals surface area contributed by atoms with Crippen LogP contribution in [0, 0.1) is 0 Å². The fraction of sp³-hybridized carbons (Fsp3) is 0.375. The van der Waals surface area contributed by atoms with Crippen LogP contribution >= 0.6 is 0 Å². The zero-order valence-corrected chi connectivity index (χ0v) is 23.6. The van der Waals surface area contributed by atoms with Gasteiger partial charge in [0.25, 0.3) is 0 Å². The lowest BCUT2D eigenvalue weighted by Gasteiger charge is -2.20. The summed E-state index contributed by atoms with van der Waals surface area (Å²) >= 11 is 0. The average Bonchev–Trinajstić information content (AvgIpc) is 3.22. The summed E-state index contributed by atoms with van der Waals surface area (Å²) in [5.41, 5.74) is 4.12. The molecule has 212 valence electrons. The second-order valence-corrected chi connectivity index (χ2v) is 9.61. The molecular weight excluding hydrogens is 510 g/mol. The first-order valence-electron chi connectivity index (χ1n) is 13.5. The highest BCUT2D eigenvalue weighted by molar-refractivity contribution is 5.83. The number of ether oxygens (including phenoxy) is 5. The maximum absolute atomic E-state index is 13.1. The van der Waals surface area contributed by atoms with Gasteiger partial charge in [-0.05, 0) is 66.1 Å². The number of unbranched alkanes of at least 4 members (excludes halogenated alkanes) is 1.